The van der Waals surface area contributed by atoms with Crippen LogP contribution in [0.3, 0.4) is 0 Å². The molecule has 0 fully saturated rings. The summed E-state index contributed by atoms with van der Waals surface area (Å²) in [6.07, 6.45) is 0.735. The van der Waals surface area contributed by atoms with E-state index < -0.39 is 9.84 Å². The number of benzene rings is 3. The van der Waals surface area contributed by atoms with Crippen LogP contribution in [-0.2, 0) is 9.84 Å². The Kier molecular flexibility index (Phi) is 5.92. The average Bonchev–Trinajstić information content (AvgIpc) is 2.69. The fraction of sp³-hybridized carbons (Fsp3) is 0.143. The monoisotopic (exact) mass is 368 g/mol. The fourth-order valence-electron chi connectivity index (χ4n) is 2.41. The Morgan fingerprint density at radius 3 is 1.62 bits per heavy atom. The molecule has 0 radical (unpaired) electrons. The van der Waals surface area contributed by atoms with Gasteiger partial charge in [-0.15, -0.1) is 0 Å². The largest absolute Gasteiger partial charge is 0.493 e. The van der Waals surface area contributed by atoms with Crippen LogP contribution in [0.25, 0.3) is 0 Å². The molecule has 0 unspecified atom stereocenters. The molecule has 0 aliphatic rings. The maximum atomic E-state index is 12.5. The third kappa shape index (κ3) is 4.64. The summed E-state index contributed by atoms with van der Waals surface area (Å²) < 4.78 is 36.3. The number of ether oxygens (including phenoxy) is 2. The second-order valence-electron chi connectivity index (χ2n) is 5.65. The van der Waals surface area contributed by atoms with Gasteiger partial charge in [-0.3, -0.25) is 0 Å². The van der Waals surface area contributed by atoms with E-state index >= 15 is 0 Å². The van der Waals surface area contributed by atoms with E-state index in [4.69, 9.17) is 9.47 Å². The van der Waals surface area contributed by atoms with E-state index in [1.54, 1.807) is 54.6 Å². The Hall–Kier alpha value is -2.79. The highest BCUT2D eigenvalue weighted by Crippen LogP contribution is 2.23. The molecule has 26 heavy (non-hydrogen) atoms. The van der Waals surface area contributed by atoms with Gasteiger partial charge in [0.05, 0.1) is 23.0 Å². The smallest absolute Gasteiger partial charge is 0.206 e. The van der Waals surface area contributed by atoms with Crippen LogP contribution in [0.1, 0.15) is 6.42 Å². The standard InChI is InChI=1S/C21H20O4S/c22-26(23,20-10-5-2-6-11-20)21-14-12-19(13-15-21)25-17-7-16-24-18-8-3-1-4-9-18/h1-6,8-15H,7,16-17H2. The van der Waals surface area contributed by atoms with Crippen molar-refractivity contribution in [3.05, 3.63) is 84.9 Å². The van der Waals surface area contributed by atoms with E-state index in [-0.39, 0.29) is 9.79 Å². The van der Waals surface area contributed by atoms with E-state index in [1.165, 1.54) is 0 Å². The van der Waals surface area contributed by atoms with E-state index in [1.807, 2.05) is 30.3 Å². The van der Waals surface area contributed by atoms with Crippen molar-refractivity contribution in [2.45, 2.75) is 16.2 Å². The van der Waals surface area contributed by atoms with E-state index in [0.717, 1.165) is 12.2 Å². The van der Waals surface area contributed by atoms with Gasteiger partial charge in [-0.1, -0.05) is 36.4 Å². The van der Waals surface area contributed by atoms with Gasteiger partial charge < -0.3 is 9.47 Å². The highest BCUT2D eigenvalue weighted by Gasteiger charge is 2.16. The van der Waals surface area contributed by atoms with E-state index in [0.29, 0.717) is 19.0 Å². The predicted molar refractivity (Wildman–Crippen MR) is 100 cm³/mol. The van der Waals surface area contributed by atoms with Gasteiger partial charge in [-0.25, -0.2) is 8.42 Å². The topological polar surface area (TPSA) is 52.6 Å². The summed E-state index contributed by atoms with van der Waals surface area (Å²) in [7, 11) is -3.49. The van der Waals surface area contributed by atoms with Crippen LogP contribution in [0.2, 0.25) is 0 Å². The van der Waals surface area contributed by atoms with Crippen molar-refractivity contribution in [1.29, 1.82) is 0 Å². The zero-order valence-electron chi connectivity index (χ0n) is 14.2. The summed E-state index contributed by atoms with van der Waals surface area (Å²) in [5.41, 5.74) is 0. The molecule has 134 valence electrons. The molecule has 0 heterocycles. The molecule has 0 aliphatic heterocycles. The third-order valence-corrected chi connectivity index (χ3v) is 5.54. The van der Waals surface area contributed by atoms with Gasteiger partial charge in [-0.05, 0) is 48.5 Å². The SMILES string of the molecule is O=S(=O)(c1ccccc1)c1ccc(OCCCOc2ccccc2)cc1. The molecule has 0 aromatic heterocycles. The van der Waals surface area contributed by atoms with Gasteiger partial charge in [0.2, 0.25) is 9.84 Å². The molecule has 3 aromatic carbocycles. The summed E-state index contributed by atoms with van der Waals surface area (Å²) in [6, 6.07) is 24.5. The summed E-state index contributed by atoms with van der Waals surface area (Å²) in [4.78, 5) is 0.537. The van der Waals surface area contributed by atoms with Crippen molar-refractivity contribution < 1.29 is 17.9 Å². The molecule has 0 saturated carbocycles. The second kappa shape index (κ2) is 8.54. The first-order valence-electron chi connectivity index (χ1n) is 8.37. The fourth-order valence-corrected chi connectivity index (χ4v) is 3.69. The lowest BCUT2D eigenvalue weighted by Crippen LogP contribution is -2.05. The van der Waals surface area contributed by atoms with Crippen LogP contribution in [-0.4, -0.2) is 21.6 Å². The molecule has 0 spiro atoms. The first kappa shape index (κ1) is 18.0. The molecule has 3 aromatic rings. The van der Waals surface area contributed by atoms with Crippen molar-refractivity contribution in [1.82, 2.24) is 0 Å². The maximum absolute atomic E-state index is 12.5. The first-order valence-corrected chi connectivity index (χ1v) is 9.85. The zero-order chi connectivity index (χ0) is 18.2. The Morgan fingerprint density at radius 2 is 1.04 bits per heavy atom. The van der Waals surface area contributed by atoms with Gasteiger partial charge in [0, 0.05) is 6.42 Å². The van der Waals surface area contributed by atoms with Gasteiger partial charge in [-0.2, -0.15) is 0 Å². The number of hydrogen-bond acceptors (Lipinski definition) is 4. The molecule has 0 amide bonds. The minimum absolute atomic E-state index is 0.253. The molecule has 0 aliphatic carbocycles. The van der Waals surface area contributed by atoms with E-state index in [9.17, 15) is 8.42 Å². The van der Waals surface area contributed by atoms with Crippen molar-refractivity contribution in [3.8, 4) is 11.5 Å². The molecule has 0 bridgehead atoms. The molecule has 3 rings (SSSR count). The highest BCUT2D eigenvalue weighted by atomic mass is 32.2. The van der Waals surface area contributed by atoms with Crippen LogP contribution in [0.5, 0.6) is 11.5 Å². The van der Waals surface area contributed by atoms with Gasteiger partial charge in [0.15, 0.2) is 0 Å². The van der Waals surface area contributed by atoms with Crippen LogP contribution in [0.4, 0.5) is 0 Å². The Labute approximate surface area is 153 Å². The Balaban J connectivity index is 1.50. The highest BCUT2D eigenvalue weighted by molar-refractivity contribution is 7.91. The molecular formula is C21H20O4S. The first-order chi connectivity index (χ1) is 12.7. The van der Waals surface area contributed by atoms with Crippen LogP contribution < -0.4 is 9.47 Å². The average molecular weight is 368 g/mol. The zero-order valence-corrected chi connectivity index (χ0v) is 15.1. The van der Waals surface area contributed by atoms with Gasteiger partial charge in [0.25, 0.3) is 0 Å². The van der Waals surface area contributed by atoms with Crippen molar-refractivity contribution >= 4 is 9.84 Å². The Morgan fingerprint density at radius 1 is 0.577 bits per heavy atom. The molecule has 0 atom stereocenters. The van der Waals surface area contributed by atoms with Gasteiger partial charge in [0.1, 0.15) is 11.5 Å². The van der Waals surface area contributed by atoms with Crippen molar-refractivity contribution in [2.24, 2.45) is 0 Å². The van der Waals surface area contributed by atoms with Crippen LogP contribution in [0.15, 0.2) is 94.7 Å². The second-order valence-corrected chi connectivity index (χ2v) is 7.60. The lowest BCUT2D eigenvalue weighted by Gasteiger charge is -2.09. The Bertz CT molecular complexity index is 905. The number of para-hydroxylation sites is 1. The van der Waals surface area contributed by atoms with Crippen LogP contribution >= 0.6 is 0 Å². The summed E-state index contributed by atoms with van der Waals surface area (Å²) in [5, 5.41) is 0. The molecule has 0 saturated heterocycles. The minimum atomic E-state index is -3.49. The summed E-state index contributed by atoms with van der Waals surface area (Å²) in [5.74, 6) is 1.47. The normalized spacial score (nSPS) is 11.1. The van der Waals surface area contributed by atoms with Crippen molar-refractivity contribution in [3.63, 3.8) is 0 Å². The lowest BCUT2D eigenvalue weighted by molar-refractivity contribution is 0.247. The molecule has 5 heteroatoms. The third-order valence-electron chi connectivity index (χ3n) is 3.76. The lowest BCUT2D eigenvalue weighted by atomic mass is 10.3. The number of hydrogen-bond donors (Lipinski definition) is 0. The molecule has 0 N–H and O–H groups in total. The molecular weight excluding hydrogens is 348 g/mol. The predicted octanol–water partition coefficient (Wildman–Crippen LogP) is 4.37. The molecule has 4 nitrogen and oxygen atoms in total. The van der Waals surface area contributed by atoms with Crippen LogP contribution in [0, 0.1) is 0 Å². The van der Waals surface area contributed by atoms with E-state index in [2.05, 4.69) is 0 Å². The van der Waals surface area contributed by atoms with Crippen molar-refractivity contribution in [2.75, 3.05) is 13.2 Å². The van der Waals surface area contributed by atoms with Gasteiger partial charge >= 0.3 is 0 Å². The quantitative estimate of drug-likeness (QED) is 0.554. The minimum Gasteiger partial charge on any atom is -0.493 e. The number of sulfone groups is 1. The summed E-state index contributed by atoms with van der Waals surface area (Å²) in [6.45, 7) is 1.06. The summed E-state index contributed by atoms with van der Waals surface area (Å²) >= 11 is 0. The number of rotatable bonds is 8. The maximum Gasteiger partial charge on any atom is 0.206 e.